The van der Waals surface area contributed by atoms with E-state index in [2.05, 4.69) is 11.4 Å². The number of hydrogen-bond donors (Lipinski definition) is 0. The predicted molar refractivity (Wildman–Crippen MR) is 59.8 cm³/mol. The summed E-state index contributed by atoms with van der Waals surface area (Å²) < 4.78 is 0. The summed E-state index contributed by atoms with van der Waals surface area (Å²) in [6.45, 7) is 1.58. The zero-order chi connectivity index (χ0) is 9.97. The summed E-state index contributed by atoms with van der Waals surface area (Å²) in [5.74, 6) is 0.113. The first-order valence-electron chi connectivity index (χ1n) is 4.41. The highest BCUT2D eigenvalue weighted by Crippen LogP contribution is 2.22. The second-order valence-electron chi connectivity index (χ2n) is 3.15. The van der Waals surface area contributed by atoms with E-state index in [1.54, 1.807) is 18.3 Å². The highest BCUT2D eigenvalue weighted by atomic mass is 32.1. The number of carbonyl (C=O) groups excluding carboxylic acids is 1. The van der Waals surface area contributed by atoms with Gasteiger partial charge < -0.3 is 0 Å². The SMILES string of the molecule is CC(=O)c1ccc(-c2ccsc2)cc1. The minimum Gasteiger partial charge on any atom is -0.295 e. The predicted octanol–water partition coefficient (Wildman–Crippen LogP) is 3.62. The minimum absolute atomic E-state index is 0.113. The summed E-state index contributed by atoms with van der Waals surface area (Å²) in [6.07, 6.45) is 0. The van der Waals surface area contributed by atoms with Gasteiger partial charge in [0.05, 0.1) is 0 Å². The molecule has 70 valence electrons. The molecule has 0 aliphatic rings. The molecule has 0 atom stereocenters. The largest absolute Gasteiger partial charge is 0.295 e. The number of rotatable bonds is 2. The van der Waals surface area contributed by atoms with Crippen molar-refractivity contribution in [3.05, 3.63) is 46.7 Å². The van der Waals surface area contributed by atoms with Crippen LogP contribution in [0.5, 0.6) is 0 Å². The maximum Gasteiger partial charge on any atom is 0.159 e. The lowest BCUT2D eigenvalue weighted by molar-refractivity contribution is 0.101. The third-order valence-corrected chi connectivity index (χ3v) is 2.83. The van der Waals surface area contributed by atoms with Crippen molar-refractivity contribution in [3.63, 3.8) is 0 Å². The lowest BCUT2D eigenvalue weighted by Gasteiger charge is -1.98. The van der Waals surface area contributed by atoms with Crippen LogP contribution in [0.25, 0.3) is 11.1 Å². The van der Waals surface area contributed by atoms with Gasteiger partial charge in [-0.05, 0) is 34.9 Å². The smallest absolute Gasteiger partial charge is 0.159 e. The molecule has 0 saturated heterocycles. The summed E-state index contributed by atoms with van der Waals surface area (Å²) in [5, 5.41) is 4.15. The summed E-state index contributed by atoms with van der Waals surface area (Å²) in [6, 6.07) is 9.79. The molecule has 0 unspecified atom stereocenters. The van der Waals surface area contributed by atoms with Gasteiger partial charge in [-0.1, -0.05) is 24.3 Å². The first-order chi connectivity index (χ1) is 6.77. The molecule has 0 radical (unpaired) electrons. The number of Topliss-reactive ketones (excluding diaryl/α,β-unsaturated/α-hetero) is 1. The molecule has 2 heteroatoms. The molecule has 0 spiro atoms. The topological polar surface area (TPSA) is 17.1 Å². The Bertz CT molecular complexity index is 426. The Hall–Kier alpha value is -1.41. The monoisotopic (exact) mass is 202 g/mol. The van der Waals surface area contributed by atoms with Gasteiger partial charge in [0.25, 0.3) is 0 Å². The van der Waals surface area contributed by atoms with E-state index in [9.17, 15) is 4.79 Å². The summed E-state index contributed by atoms with van der Waals surface area (Å²) >= 11 is 1.68. The van der Waals surface area contributed by atoms with Crippen LogP contribution in [0.3, 0.4) is 0 Å². The second kappa shape index (κ2) is 3.76. The van der Waals surface area contributed by atoms with Gasteiger partial charge in [0.2, 0.25) is 0 Å². The van der Waals surface area contributed by atoms with Gasteiger partial charge in [-0.2, -0.15) is 11.3 Å². The van der Waals surface area contributed by atoms with E-state index in [-0.39, 0.29) is 5.78 Å². The summed E-state index contributed by atoms with van der Waals surface area (Å²) in [5.41, 5.74) is 3.14. The Balaban J connectivity index is 2.36. The van der Waals surface area contributed by atoms with Gasteiger partial charge in [0, 0.05) is 5.56 Å². The number of benzene rings is 1. The zero-order valence-corrected chi connectivity index (χ0v) is 8.67. The van der Waals surface area contributed by atoms with Crippen molar-refractivity contribution in [2.45, 2.75) is 6.92 Å². The van der Waals surface area contributed by atoms with Crippen LogP contribution >= 0.6 is 11.3 Å². The molecular weight excluding hydrogens is 192 g/mol. The molecule has 0 saturated carbocycles. The highest BCUT2D eigenvalue weighted by molar-refractivity contribution is 7.08. The Labute approximate surface area is 87.0 Å². The van der Waals surface area contributed by atoms with Crippen molar-refractivity contribution in [1.82, 2.24) is 0 Å². The third-order valence-electron chi connectivity index (χ3n) is 2.15. The molecule has 1 nitrogen and oxygen atoms in total. The molecule has 1 aromatic carbocycles. The maximum atomic E-state index is 11.0. The van der Waals surface area contributed by atoms with Crippen LogP contribution in [0.4, 0.5) is 0 Å². The van der Waals surface area contributed by atoms with E-state index in [0.717, 1.165) is 11.1 Å². The summed E-state index contributed by atoms with van der Waals surface area (Å²) in [4.78, 5) is 11.0. The maximum absolute atomic E-state index is 11.0. The zero-order valence-electron chi connectivity index (χ0n) is 7.86. The Morgan fingerprint density at radius 2 is 1.79 bits per heavy atom. The van der Waals surface area contributed by atoms with Gasteiger partial charge in [-0.25, -0.2) is 0 Å². The normalized spacial score (nSPS) is 10.1. The molecule has 0 aliphatic heterocycles. The van der Waals surface area contributed by atoms with E-state index in [1.165, 1.54) is 5.56 Å². The van der Waals surface area contributed by atoms with Crippen LogP contribution in [0.2, 0.25) is 0 Å². The fourth-order valence-corrected chi connectivity index (χ4v) is 1.99. The number of carbonyl (C=O) groups is 1. The number of hydrogen-bond acceptors (Lipinski definition) is 2. The molecule has 1 heterocycles. The summed E-state index contributed by atoms with van der Waals surface area (Å²) in [7, 11) is 0. The Kier molecular flexibility index (Phi) is 2.46. The van der Waals surface area contributed by atoms with Crippen LogP contribution in [-0.4, -0.2) is 5.78 Å². The van der Waals surface area contributed by atoms with E-state index in [4.69, 9.17) is 0 Å². The van der Waals surface area contributed by atoms with Crippen LogP contribution in [0, 0.1) is 0 Å². The van der Waals surface area contributed by atoms with Crippen LogP contribution in [-0.2, 0) is 0 Å². The Morgan fingerprint density at radius 3 is 2.29 bits per heavy atom. The number of thiophene rings is 1. The van der Waals surface area contributed by atoms with Gasteiger partial charge in [0.1, 0.15) is 0 Å². The molecule has 0 amide bonds. The molecule has 2 aromatic rings. The van der Waals surface area contributed by atoms with E-state index in [0.29, 0.717) is 0 Å². The molecule has 0 fully saturated rings. The molecule has 2 rings (SSSR count). The van der Waals surface area contributed by atoms with Crippen molar-refractivity contribution < 1.29 is 4.79 Å². The molecule has 0 N–H and O–H groups in total. The molecule has 0 bridgehead atoms. The van der Waals surface area contributed by atoms with Crippen molar-refractivity contribution in [3.8, 4) is 11.1 Å². The van der Waals surface area contributed by atoms with Crippen molar-refractivity contribution in [1.29, 1.82) is 0 Å². The van der Waals surface area contributed by atoms with Crippen LogP contribution in [0.15, 0.2) is 41.1 Å². The molecule has 0 aliphatic carbocycles. The highest BCUT2D eigenvalue weighted by Gasteiger charge is 2.00. The fourth-order valence-electron chi connectivity index (χ4n) is 1.33. The van der Waals surface area contributed by atoms with Gasteiger partial charge in [0.15, 0.2) is 5.78 Å². The molecular formula is C12H10OS. The first-order valence-corrected chi connectivity index (χ1v) is 5.35. The molecule has 1 aromatic heterocycles. The fraction of sp³-hybridized carbons (Fsp3) is 0.0833. The lowest BCUT2D eigenvalue weighted by Crippen LogP contribution is -1.90. The van der Waals surface area contributed by atoms with Gasteiger partial charge >= 0.3 is 0 Å². The van der Waals surface area contributed by atoms with Crippen molar-refractivity contribution in [2.75, 3.05) is 0 Å². The molecule has 14 heavy (non-hydrogen) atoms. The van der Waals surface area contributed by atoms with Crippen LogP contribution in [0.1, 0.15) is 17.3 Å². The van der Waals surface area contributed by atoms with Crippen molar-refractivity contribution in [2.24, 2.45) is 0 Å². The van der Waals surface area contributed by atoms with E-state index >= 15 is 0 Å². The Morgan fingerprint density at radius 1 is 1.07 bits per heavy atom. The van der Waals surface area contributed by atoms with Gasteiger partial charge in [-0.3, -0.25) is 4.79 Å². The first kappa shape index (κ1) is 9.16. The van der Waals surface area contributed by atoms with Gasteiger partial charge in [-0.15, -0.1) is 0 Å². The quantitative estimate of drug-likeness (QED) is 0.680. The standard InChI is InChI=1S/C12H10OS/c1-9(13)10-2-4-11(5-3-10)12-6-7-14-8-12/h2-8H,1H3. The van der Waals surface area contributed by atoms with Crippen molar-refractivity contribution >= 4 is 17.1 Å². The second-order valence-corrected chi connectivity index (χ2v) is 3.93. The van der Waals surface area contributed by atoms with Crippen LogP contribution < -0.4 is 0 Å². The van der Waals surface area contributed by atoms with E-state index in [1.807, 2.05) is 29.6 Å². The van der Waals surface area contributed by atoms with E-state index < -0.39 is 0 Å². The lowest BCUT2D eigenvalue weighted by atomic mass is 10.1. The number of ketones is 1. The third kappa shape index (κ3) is 1.75. The minimum atomic E-state index is 0.113. The average molecular weight is 202 g/mol. The average Bonchev–Trinajstić information content (AvgIpc) is 2.71.